The summed E-state index contributed by atoms with van der Waals surface area (Å²) in [5, 5.41) is 57.9. The zero-order valence-corrected chi connectivity index (χ0v) is 44.1. The summed E-state index contributed by atoms with van der Waals surface area (Å²) in [7, 11) is 1.00. The van der Waals surface area contributed by atoms with E-state index in [9.17, 15) is 30.0 Å². The molecule has 0 spiro atoms. The topological polar surface area (TPSA) is 213 Å². The van der Waals surface area contributed by atoms with Gasteiger partial charge < -0.3 is 50.3 Å². The van der Waals surface area contributed by atoms with Crippen molar-refractivity contribution in [3.05, 3.63) is 58.7 Å². The second kappa shape index (κ2) is 32.0. The molecule has 14 heteroatoms. The summed E-state index contributed by atoms with van der Waals surface area (Å²) >= 11 is 0. The van der Waals surface area contributed by atoms with Crippen molar-refractivity contribution in [2.24, 2.45) is 35.5 Å². The summed E-state index contributed by atoms with van der Waals surface area (Å²) < 4.78 is 16.2. The average Bonchev–Trinajstić information content (AvgIpc) is 3.72. The Morgan fingerprint density at radius 1 is 0.667 bits per heavy atom. The maximum atomic E-state index is 11.7. The number of halogens is 1. The third-order valence-electron chi connectivity index (χ3n) is 13.6. The van der Waals surface area contributed by atoms with Gasteiger partial charge in [0.15, 0.2) is 13.2 Å². The molecule has 4 aliphatic rings. The van der Waals surface area contributed by atoms with Gasteiger partial charge in [-0.25, -0.2) is 9.59 Å². The van der Waals surface area contributed by atoms with E-state index in [1.165, 1.54) is 29.5 Å². The molecule has 354 valence electrons. The van der Waals surface area contributed by atoms with Crippen molar-refractivity contribution in [2.75, 3.05) is 26.9 Å². The molecule has 6 rings (SSSR count). The van der Waals surface area contributed by atoms with E-state index >= 15 is 0 Å². The van der Waals surface area contributed by atoms with Gasteiger partial charge in [0.25, 0.3) is 0 Å². The van der Waals surface area contributed by atoms with Gasteiger partial charge >= 0.3 is 63.3 Å². The van der Waals surface area contributed by atoms with Crippen molar-refractivity contribution in [3.63, 3.8) is 0 Å². The van der Waals surface area contributed by atoms with E-state index in [0.717, 1.165) is 121 Å². The van der Waals surface area contributed by atoms with Crippen LogP contribution in [0.15, 0.2) is 36.4 Å². The van der Waals surface area contributed by atoms with Gasteiger partial charge in [-0.05, 0) is 154 Å². The molecule has 0 heterocycles. The van der Waals surface area contributed by atoms with Crippen molar-refractivity contribution in [2.45, 2.75) is 161 Å². The minimum Gasteiger partial charge on any atom is -0.870 e. The van der Waals surface area contributed by atoms with Crippen molar-refractivity contribution in [1.82, 2.24) is 0 Å². The van der Waals surface area contributed by atoms with Gasteiger partial charge in [-0.15, -0.1) is 24.0 Å². The van der Waals surface area contributed by atoms with Crippen LogP contribution < -0.4 is 60.9 Å². The number of hydrogen-bond donors (Lipinski definition) is 6. The van der Waals surface area contributed by atoms with E-state index in [-0.39, 0.29) is 136 Å². The number of aliphatic carboxylic acids is 1. The maximum absolute atomic E-state index is 11.7. The molecule has 12 nitrogen and oxygen atoms in total. The summed E-state index contributed by atoms with van der Waals surface area (Å²) in [5.74, 6) is 2.33. The van der Waals surface area contributed by atoms with Gasteiger partial charge in [-0.1, -0.05) is 76.6 Å². The second-order valence-corrected chi connectivity index (χ2v) is 17.6. The van der Waals surface area contributed by atoms with E-state index in [2.05, 4.69) is 26.0 Å². The molecular weight excluding hydrogens is 947 g/mol. The number of carboxylic acid groups (broad SMARTS) is 1. The molecule has 10 atom stereocenters. The first kappa shape index (κ1) is 60.1. The van der Waals surface area contributed by atoms with Gasteiger partial charge in [-0.3, -0.25) is 0 Å². The minimum atomic E-state index is -0.972. The number of carbonyl (C=O) groups is 2. The predicted octanol–water partition coefficient (Wildman–Crippen LogP) is 4.70. The van der Waals surface area contributed by atoms with Crippen molar-refractivity contribution < 1.29 is 111 Å². The summed E-state index contributed by atoms with van der Waals surface area (Å²) in [5.41, 5.74) is 4.76. The molecule has 0 radical (unpaired) electrons. The average molecular weight is 1030 g/mol. The smallest absolute Gasteiger partial charge is 0.870 e. The van der Waals surface area contributed by atoms with Gasteiger partial charge in [-0.2, -0.15) is 0 Å². The van der Waals surface area contributed by atoms with Crippen molar-refractivity contribution >= 4 is 35.9 Å². The Morgan fingerprint density at radius 2 is 1.10 bits per heavy atom. The molecule has 2 aromatic rings. The van der Waals surface area contributed by atoms with Crippen LogP contribution in [0.5, 0.6) is 11.5 Å². The molecule has 2 saturated carbocycles. The molecule has 0 saturated heterocycles. The monoisotopic (exact) mass is 1020 g/mol. The molecule has 2 fully saturated rings. The van der Waals surface area contributed by atoms with Crippen molar-refractivity contribution in [3.8, 4) is 11.5 Å². The number of fused-ring (bicyclic) bond motifs is 4. The molecule has 63 heavy (non-hydrogen) atoms. The molecule has 4 aliphatic carbocycles. The quantitative estimate of drug-likeness (QED) is 0.0435. The Labute approximate surface area is 436 Å². The predicted molar refractivity (Wildman–Crippen MR) is 249 cm³/mol. The number of benzene rings is 2. The van der Waals surface area contributed by atoms with Crippen molar-refractivity contribution in [1.29, 1.82) is 0 Å². The number of ether oxygens (including phenoxy) is 3. The first-order chi connectivity index (χ1) is 29.0. The number of rotatable bonds is 21. The van der Waals surface area contributed by atoms with E-state index in [1.54, 1.807) is 6.92 Å². The zero-order chi connectivity index (χ0) is 43.6. The van der Waals surface area contributed by atoms with Gasteiger partial charge in [0.1, 0.15) is 11.5 Å². The van der Waals surface area contributed by atoms with Crippen LogP contribution in [0, 0.1) is 35.5 Å². The van der Waals surface area contributed by atoms with E-state index in [4.69, 9.17) is 24.4 Å². The second-order valence-electron chi connectivity index (χ2n) is 17.6. The molecule has 0 unspecified atom stereocenters. The molecule has 0 bridgehead atoms. The zero-order valence-electron chi connectivity index (χ0n) is 38.7. The molecule has 0 amide bonds. The van der Waals surface area contributed by atoms with Gasteiger partial charge in [0.05, 0.1) is 31.0 Å². The maximum Gasteiger partial charge on any atom is 1.00 e. The van der Waals surface area contributed by atoms with E-state index in [1.807, 2.05) is 24.3 Å². The molecule has 0 aliphatic heterocycles. The molecule has 7 N–H and O–H groups in total. The number of carbonyl (C=O) groups excluding carboxylic acids is 1. The van der Waals surface area contributed by atoms with E-state index in [0.29, 0.717) is 36.0 Å². The third-order valence-corrected chi connectivity index (χ3v) is 13.6. The summed E-state index contributed by atoms with van der Waals surface area (Å²) in [6.45, 7) is 6.08. The van der Waals surface area contributed by atoms with Crippen LogP contribution in [0.2, 0.25) is 0 Å². The Balaban J connectivity index is 0.000000581. The van der Waals surface area contributed by atoms with Crippen LogP contribution in [0.4, 0.5) is 0 Å². The number of esters is 1. The number of aliphatic hydroxyl groups is 5. The summed E-state index contributed by atoms with van der Waals surface area (Å²) in [6, 6.07) is 11.9. The van der Waals surface area contributed by atoms with Crippen LogP contribution >= 0.6 is 24.0 Å². The van der Waals surface area contributed by atoms with Gasteiger partial charge in [0, 0.05) is 7.11 Å². The minimum absolute atomic E-state index is 0. The number of aliphatic hydroxyl groups excluding tert-OH is 5. The fourth-order valence-electron chi connectivity index (χ4n) is 10.7. The summed E-state index contributed by atoms with van der Waals surface area (Å²) in [6.07, 6.45) is 15.9. The van der Waals surface area contributed by atoms with Crippen LogP contribution in [0.1, 0.15) is 133 Å². The molecular formula is C49H78IKO12. The van der Waals surface area contributed by atoms with Crippen LogP contribution in [0.3, 0.4) is 0 Å². The fraction of sp³-hybridized carbons (Fsp3) is 0.714. The Hall–Kier alpha value is -0.894. The van der Waals surface area contributed by atoms with E-state index < -0.39 is 5.97 Å². The molecule has 0 aromatic heterocycles. The SMILES string of the molecule is CCCCC[C@H](O)CC[C@@H]1[C@H]2Cc3cccc(OCC(=O)O)c3C[C@H]2C[C@H]1O.CCCCC[C@H](O)CC[C@@H]1[C@H]2Cc3cccc(OCC(=O)OCC)c3C[C@H]2C[C@H]1O.CO.I.[K+].[OH-]. The number of carboxylic acids is 1. The Morgan fingerprint density at radius 3 is 1.49 bits per heavy atom. The first-order valence-corrected chi connectivity index (χ1v) is 23.0. The third kappa shape index (κ3) is 18.3. The standard InChI is InChI=1S/C25H38O5.C23H34O5.CH4O.HI.K.H2O/c1-3-5-6-9-19(26)11-12-20-21-13-17-8-7-10-24(30-16-25(28)29-4-2)22(17)14-18(21)15-23(20)27;1-2-3-4-7-17(24)9-10-18-19-11-15-6-5-8-22(28-14-23(26)27)20(15)12-16(19)13-21(18)25;1-2;;;/h7-8,10,18-21,23,26-27H,3-6,9,11-16H2,1-2H3;5-6,8,16-19,21,24-25H,2-4,7,9-14H2,1H3,(H,26,27);2H,1H3;1H;;1H2/q;;;;+1;/p-1/t18-,19-,20+,21-,23+;16-,17-,18+,19-,21+;;;;/m00..../s1. The molecule has 2 aromatic carbocycles. The normalized spacial score (nSPS) is 24.5. The van der Waals surface area contributed by atoms with Gasteiger partial charge in [0.2, 0.25) is 0 Å². The Bertz CT molecular complexity index is 1600. The van der Waals surface area contributed by atoms with Crippen LogP contribution in [-0.2, 0) is 40.0 Å². The van der Waals surface area contributed by atoms with Crippen LogP contribution in [0.25, 0.3) is 0 Å². The largest absolute Gasteiger partial charge is 1.00 e. The first-order valence-electron chi connectivity index (χ1n) is 23.0. The number of unbranched alkanes of at least 4 members (excludes halogenated alkanes) is 4. The fourth-order valence-corrected chi connectivity index (χ4v) is 10.7. The summed E-state index contributed by atoms with van der Waals surface area (Å²) in [4.78, 5) is 22.5. The van der Waals surface area contributed by atoms with Crippen LogP contribution in [-0.4, -0.2) is 99.4 Å². The number of hydrogen-bond acceptors (Lipinski definition) is 11. The Kier molecular flexibility index (Phi) is 30.5.